The van der Waals surface area contributed by atoms with Gasteiger partial charge in [0.2, 0.25) is 5.43 Å². The number of benzene rings is 1. The van der Waals surface area contributed by atoms with Gasteiger partial charge in [-0.1, -0.05) is 0 Å². The highest BCUT2D eigenvalue weighted by molar-refractivity contribution is 5.91. The molecule has 0 bridgehead atoms. The second kappa shape index (κ2) is 4.72. The van der Waals surface area contributed by atoms with Gasteiger partial charge >= 0.3 is 0 Å². The van der Waals surface area contributed by atoms with E-state index in [0.717, 1.165) is 28.9 Å². The summed E-state index contributed by atoms with van der Waals surface area (Å²) in [5.74, 6) is -1.87. The lowest BCUT2D eigenvalue weighted by Gasteiger charge is -2.11. The molecule has 0 aliphatic carbocycles. The lowest BCUT2D eigenvalue weighted by atomic mass is 10.2. The summed E-state index contributed by atoms with van der Waals surface area (Å²) >= 11 is 0. The maximum atomic E-state index is 13.7. The molecule has 0 radical (unpaired) electrons. The number of aryl methyl sites for hydroxylation is 1. The summed E-state index contributed by atoms with van der Waals surface area (Å²) in [5, 5.41) is 3.79. The van der Waals surface area contributed by atoms with Gasteiger partial charge in [-0.3, -0.25) is 9.59 Å². The molecule has 0 saturated carbocycles. The molecule has 1 aromatic heterocycles. The van der Waals surface area contributed by atoms with E-state index in [1.807, 2.05) is 0 Å². The molecule has 2 aromatic rings. The number of nitrogens with zero attached hydrogens (tertiary/aromatic N) is 2. The van der Waals surface area contributed by atoms with E-state index < -0.39 is 22.8 Å². The van der Waals surface area contributed by atoms with Crippen molar-refractivity contribution in [3.8, 4) is 5.69 Å². The SMILES string of the molecule is CC(=O)c1nn(-c2cc(F)ccc2F)c(C)cc1=O. The van der Waals surface area contributed by atoms with Crippen LogP contribution in [0.3, 0.4) is 0 Å². The Kier molecular flexibility index (Phi) is 3.25. The van der Waals surface area contributed by atoms with Gasteiger partial charge in [0.05, 0.1) is 0 Å². The van der Waals surface area contributed by atoms with Crippen LogP contribution in [0.25, 0.3) is 5.69 Å². The molecule has 19 heavy (non-hydrogen) atoms. The van der Waals surface area contributed by atoms with E-state index in [2.05, 4.69) is 5.10 Å². The Labute approximate surface area is 107 Å². The van der Waals surface area contributed by atoms with Crippen LogP contribution in [0.15, 0.2) is 29.1 Å². The predicted molar refractivity (Wildman–Crippen MR) is 64.5 cm³/mol. The van der Waals surface area contributed by atoms with Gasteiger partial charge in [0.15, 0.2) is 11.5 Å². The van der Waals surface area contributed by atoms with E-state index in [1.165, 1.54) is 13.8 Å². The average molecular weight is 264 g/mol. The Morgan fingerprint density at radius 3 is 2.58 bits per heavy atom. The van der Waals surface area contributed by atoms with Crippen molar-refractivity contribution in [2.75, 3.05) is 0 Å². The summed E-state index contributed by atoms with van der Waals surface area (Å²) in [6.07, 6.45) is 0. The highest BCUT2D eigenvalue weighted by Gasteiger charge is 2.14. The number of halogens is 2. The van der Waals surface area contributed by atoms with Crippen molar-refractivity contribution in [1.29, 1.82) is 0 Å². The van der Waals surface area contributed by atoms with Crippen LogP contribution in [0.1, 0.15) is 23.1 Å². The van der Waals surface area contributed by atoms with Crippen molar-refractivity contribution >= 4 is 5.78 Å². The molecule has 1 aromatic carbocycles. The molecule has 0 saturated heterocycles. The van der Waals surface area contributed by atoms with Gasteiger partial charge < -0.3 is 0 Å². The molecule has 0 amide bonds. The molecule has 0 N–H and O–H groups in total. The highest BCUT2D eigenvalue weighted by Crippen LogP contribution is 2.15. The van der Waals surface area contributed by atoms with Crippen LogP contribution < -0.4 is 5.43 Å². The molecular weight excluding hydrogens is 254 g/mol. The fourth-order valence-electron chi connectivity index (χ4n) is 1.68. The first kappa shape index (κ1) is 13.1. The second-order valence-electron chi connectivity index (χ2n) is 4.06. The average Bonchev–Trinajstić information content (AvgIpc) is 2.32. The predicted octanol–water partition coefficient (Wildman–Crippen LogP) is 2.02. The van der Waals surface area contributed by atoms with Gasteiger partial charge in [0, 0.05) is 24.8 Å². The lowest BCUT2D eigenvalue weighted by Crippen LogP contribution is -2.22. The maximum Gasteiger partial charge on any atom is 0.211 e. The molecule has 0 aliphatic heterocycles. The van der Waals surface area contributed by atoms with Crippen molar-refractivity contribution in [3.63, 3.8) is 0 Å². The molecule has 98 valence electrons. The number of hydrogen-bond donors (Lipinski definition) is 0. The monoisotopic (exact) mass is 264 g/mol. The Morgan fingerprint density at radius 2 is 1.95 bits per heavy atom. The van der Waals surface area contributed by atoms with Crippen LogP contribution >= 0.6 is 0 Å². The summed E-state index contributed by atoms with van der Waals surface area (Å²) < 4.78 is 27.9. The van der Waals surface area contributed by atoms with Gasteiger partial charge in [-0.25, -0.2) is 13.5 Å². The molecule has 0 unspecified atom stereocenters. The second-order valence-corrected chi connectivity index (χ2v) is 4.06. The molecule has 0 spiro atoms. The topological polar surface area (TPSA) is 52.0 Å². The largest absolute Gasteiger partial charge is 0.293 e. The Hall–Kier alpha value is -2.37. The van der Waals surface area contributed by atoms with Crippen LogP contribution in [0.4, 0.5) is 8.78 Å². The van der Waals surface area contributed by atoms with Crippen molar-refractivity contribution in [3.05, 3.63) is 57.5 Å². The van der Waals surface area contributed by atoms with Crippen molar-refractivity contribution < 1.29 is 13.6 Å². The number of carbonyl (C=O) groups is 1. The van der Waals surface area contributed by atoms with Crippen molar-refractivity contribution in [1.82, 2.24) is 9.78 Å². The number of ketones is 1. The Morgan fingerprint density at radius 1 is 1.26 bits per heavy atom. The first-order valence-electron chi connectivity index (χ1n) is 5.47. The standard InChI is InChI=1S/C13H10F2N2O2/c1-7-5-12(19)13(8(2)18)16-17(7)11-6-9(14)3-4-10(11)15/h3-6H,1-2H3. The van der Waals surface area contributed by atoms with E-state index in [4.69, 9.17) is 0 Å². The Bertz CT molecular complexity index is 723. The first-order valence-corrected chi connectivity index (χ1v) is 5.47. The fourth-order valence-corrected chi connectivity index (χ4v) is 1.68. The summed E-state index contributed by atoms with van der Waals surface area (Å²) in [6, 6.07) is 4.04. The Balaban J connectivity index is 2.75. The number of hydrogen-bond acceptors (Lipinski definition) is 3. The molecule has 4 nitrogen and oxygen atoms in total. The van der Waals surface area contributed by atoms with E-state index in [1.54, 1.807) is 0 Å². The van der Waals surface area contributed by atoms with Crippen LogP contribution in [-0.4, -0.2) is 15.6 Å². The third kappa shape index (κ3) is 2.42. The van der Waals surface area contributed by atoms with E-state index in [-0.39, 0.29) is 11.4 Å². The molecule has 2 rings (SSSR count). The number of Topliss-reactive ketones (excluding diaryl/α,β-unsaturated/α-hetero) is 1. The van der Waals surface area contributed by atoms with Gasteiger partial charge in [-0.2, -0.15) is 5.10 Å². The van der Waals surface area contributed by atoms with Crippen molar-refractivity contribution in [2.24, 2.45) is 0 Å². The smallest absolute Gasteiger partial charge is 0.211 e. The fraction of sp³-hybridized carbons (Fsp3) is 0.154. The minimum absolute atomic E-state index is 0.153. The summed E-state index contributed by atoms with van der Waals surface area (Å²) in [6.45, 7) is 2.70. The molecule has 0 atom stereocenters. The molecule has 6 heteroatoms. The molecule has 0 fully saturated rings. The van der Waals surface area contributed by atoms with Gasteiger partial charge in [0.25, 0.3) is 0 Å². The quantitative estimate of drug-likeness (QED) is 0.780. The third-order valence-electron chi connectivity index (χ3n) is 2.58. The third-order valence-corrected chi connectivity index (χ3v) is 2.58. The number of aromatic nitrogens is 2. The van der Waals surface area contributed by atoms with E-state index >= 15 is 0 Å². The highest BCUT2D eigenvalue weighted by atomic mass is 19.1. The van der Waals surface area contributed by atoms with Crippen LogP contribution in [-0.2, 0) is 0 Å². The van der Waals surface area contributed by atoms with Crippen LogP contribution in [0.2, 0.25) is 0 Å². The van der Waals surface area contributed by atoms with Crippen LogP contribution in [0.5, 0.6) is 0 Å². The molecule has 1 heterocycles. The zero-order valence-electron chi connectivity index (χ0n) is 10.3. The normalized spacial score (nSPS) is 10.5. The summed E-state index contributed by atoms with van der Waals surface area (Å²) in [5.41, 5.74) is -0.702. The van der Waals surface area contributed by atoms with Crippen molar-refractivity contribution in [2.45, 2.75) is 13.8 Å². The molecular formula is C13H10F2N2O2. The van der Waals surface area contributed by atoms with Crippen LogP contribution in [0, 0.1) is 18.6 Å². The molecule has 0 aliphatic rings. The first-order chi connectivity index (χ1) is 8.90. The zero-order valence-corrected chi connectivity index (χ0v) is 10.3. The van der Waals surface area contributed by atoms with E-state index in [9.17, 15) is 18.4 Å². The minimum Gasteiger partial charge on any atom is -0.293 e. The minimum atomic E-state index is -0.699. The van der Waals surface area contributed by atoms with Gasteiger partial charge in [0.1, 0.15) is 17.3 Å². The summed E-state index contributed by atoms with van der Waals surface area (Å²) in [4.78, 5) is 22.8. The lowest BCUT2D eigenvalue weighted by molar-refractivity contribution is 0.101. The summed E-state index contributed by atoms with van der Waals surface area (Å²) in [7, 11) is 0. The van der Waals surface area contributed by atoms with Gasteiger partial charge in [-0.05, 0) is 19.1 Å². The zero-order chi connectivity index (χ0) is 14.2. The van der Waals surface area contributed by atoms with Gasteiger partial charge in [-0.15, -0.1) is 0 Å². The number of rotatable bonds is 2. The number of carbonyl (C=O) groups excluding carboxylic acids is 1. The maximum absolute atomic E-state index is 13.7. The van der Waals surface area contributed by atoms with E-state index in [0.29, 0.717) is 5.69 Å².